The predicted molar refractivity (Wildman–Crippen MR) is 97.8 cm³/mol. The van der Waals surface area contributed by atoms with Gasteiger partial charge in [-0.05, 0) is 18.2 Å². The Morgan fingerprint density at radius 1 is 0.963 bits per heavy atom. The van der Waals surface area contributed by atoms with Crippen LogP contribution in [-0.2, 0) is 0 Å². The van der Waals surface area contributed by atoms with E-state index in [4.69, 9.17) is 4.74 Å². The minimum atomic E-state index is -0.461. The summed E-state index contributed by atoms with van der Waals surface area (Å²) >= 11 is 0. The number of non-ortho nitro benzene ring substituents is 1. The van der Waals surface area contributed by atoms with Crippen LogP contribution in [0.2, 0.25) is 0 Å². The molecule has 8 nitrogen and oxygen atoms in total. The molecule has 0 fully saturated rings. The van der Waals surface area contributed by atoms with Gasteiger partial charge >= 0.3 is 0 Å². The van der Waals surface area contributed by atoms with Crippen molar-refractivity contribution in [1.82, 2.24) is 19.7 Å². The highest BCUT2D eigenvalue weighted by atomic mass is 16.6. The number of rotatable bonds is 5. The number of nitrogens with zero attached hydrogens (tertiary/aromatic N) is 5. The summed E-state index contributed by atoms with van der Waals surface area (Å²) in [7, 11) is 0. The Balaban J connectivity index is 1.73. The summed E-state index contributed by atoms with van der Waals surface area (Å²) in [5, 5.41) is 15.0. The number of nitro groups is 1. The van der Waals surface area contributed by atoms with Crippen LogP contribution in [0, 0.1) is 10.1 Å². The van der Waals surface area contributed by atoms with E-state index in [9.17, 15) is 10.1 Å². The second-order valence-corrected chi connectivity index (χ2v) is 5.56. The SMILES string of the molecule is O=[N+]([O-])c1ccc(Oc2cc(-n3cccn3)nc(-c3ccccc3)n2)cc1. The number of aromatic nitrogens is 4. The lowest BCUT2D eigenvalue weighted by Crippen LogP contribution is -2.02. The van der Waals surface area contributed by atoms with Gasteiger partial charge in [0, 0.05) is 36.2 Å². The molecule has 8 heteroatoms. The van der Waals surface area contributed by atoms with E-state index in [1.165, 1.54) is 24.3 Å². The molecule has 0 aliphatic carbocycles. The molecular formula is C19H13N5O3. The number of hydrogen-bond donors (Lipinski definition) is 0. The van der Waals surface area contributed by atoms with Crippen molar-refractivity contribution in [2.75, 3.05) is 0 Å². The average molecular weight is 359 g/mol. The van der Waals surface area contributed by atoms with Crippen molar-refractivity contribution in [2.24, 2.45) is 0 Å². The summed E-state index contributed by atoms with van der Waals surface area (Å²) in [5.41, 5.74) is 0.826. The number of ether oxygens (including phenoxy) is 1. The second-order valence-electron chi connectivity index (χ2n) is 5.56. The van der Waals surface area contributed by atoms with Crippen molar-refractivity contribution in [3.05, 3.63) is 89.2 Å². The van der Waals surface area contributed by atoms with Gasteiger partial charge in [-0.15, -0.1) is 0 Å². The molecule has 0 N–H and O–H groups in total. The van der Waals surface area contributed by atoms with Crippen LogP contribution in [0.15, 0.2) is 79.1 Å². The van der Waals surface area contributed by atoms with Gasteiger partial charge in [-0.25, -0.2) is 9.67 Å². The fraction of sp³-hybridized carbons (Fsp3) is 0. The highest BCUT2D eigenvalue weighted by molar-refractivity contribution is 5.56. The zero-order valence-corrected chi connectivity index (χ0v) is 14.0. The third kappa shape index (κ3) is 3.64. The molecule has 2 aromatic heterocycles. The topological polar surface area (TPSA) is 96.0 Å². The van der Waals surface area contributed by atoms with Gasteiger partial charge in [0.05, 0.1) is 4.92 Å². The Kier molecular flexibility index (Phi) is 4.28. The normalized spacial score (nSPS) is 10.5. The number of benzene rings is 2. The Labute approximate surface area is 153 Å². The van der Waals surface area contributed by atoms with Crippen molar-refractivity contribution in [3.63, 3.8) is 0 Å². The summed E-state index contributed by atoms with van der Waals surface area (Å²) in [6, 6.07) is 18.8. The van der Waals surface area contributed by atoms with Crippen LogP contribution < -0.4 is 4.74 Å². The molecule has 0 unspecified atom stereocenters. The Morgan fingerprint density at radius 2 is 1.74 bits per heavy atom. The first-order chi connectivity index (χ1) is 13.2. The molecule has 0 aliphatic heterocycles. The fourth-order valence-corrected chi connectivity index (χ4v) is 2.46. The van der Waals surface area contributed by atoms with Gasteiger partial charge in [0.15, 0.2) is 11.6 Å². The predicted octanol–water partition coefficient (Wildman–Crippen LogP) is 4.03. The van der Waals surface area contributed by atoms with E-state index >= 15 is 0 Å². The average Bonchev–Trinajstić information content (AvgIpc) is 3.24. The summed E-state index contributed by atoms with van der Waals surface area (Å²) in [6.07, 6.45) is 3.42. The van der Waals surface area contributed by atoms with Crippen LogP contribution in [0.1, 0.15) is 0 Å². The van der Waals surface area contributed by atoms with E-state index in [1.807, 2.05) is 30.3 Å². The first-order valence-electron chi connectivity index (χ1n) is 8.06. The quantitative estimate of drug-likeness (QED) is 0.394. The van der Waals surface area contributed by atoms with Crippen molar-refractivity contribution >= 4 is 5.69 Å². The van der Waals surface area contributed by atoms with Gasteiger partial charge in [-0.3, -0.25) is 10.1 Å². The molecule has 27 heavy (non-hydrogen) atoms. The number of hydrogen-bond acceptors (Lipinski definition) is 6. The molecule has 0 bridgehead atoms. The Morgan fingerprint density at radius 3 is 2.41 bits per heavy atom. The summed E-state index contributed by atoms with van der Waals surface area (Å²) in [6.45, 7) is 0. The standard InChI is InChI=1S/C19H13N5O3/c25-24(26)15-7-9-16(10-8-15)27-18-13-17(23-12-4-11-20-23)21-19(22-18)14-5-2-1-3-6-14/h1-13H. The second kappa shape index (κ2) is 7.04. The minimum Gasteiger partial charge on any atom is -0.439 e. The van der Waals surface area contributed by atoms with E-state index in [0.717, 1.165) is 5.56 Å². The first kappa shape index (κ1) is 16.4. The molecule has 2 heterocycles. The molecule has 4 rings (SSSR count). The lowest BCUT2D eigenvalue weighted by atomic mass is 10.2. The molecule has 0 spiro atoms. The van der Waals surface area contributed by atoms with Gasteiger partial charge in [0.1, 0.15) is 5.75 Å². The van der Waals surface area contributed by atoms with Crippen LogP contribution in [0.25, 0.3) is 17.2 Å². The van der Waals surface area contributed by atoms with Crippen molar-refractivity contribution in [1.29, 1.82) is 0 Å². The van der Waals surface area contributed by atoms with Crippen LogP contribution in [0.5, 0.6) is 11.6 Å². The summed E-state index contributed by atoms with van der Waals surface area (Å²) in [5.74, 6) is 1.78. The van der Waals surface area contributed by atoms with Crippen molar-refractivity contribution in [3.8, 4) is 28.8 Å². The summed E-state index contributed by atoms with van der Waals surface area (Å²) in [4.78, 5) is 19.3. The monoisotopic (exact) mass is 359 g/mol. The zero-order chi connectivity index (χ0) is 18.6. The molecule has 0 saturated carbocycles. The highest BCUT2D eigenvalue weighted by Gasteiger charge is 2.11. The largest absolute Gasteiger partial charge is 0.439 e. The third-order valence-corrected chi connectivity index (χ3v) is 3.73. The molecule has 0 atom stereocenters. The van der Waals surface area contributed by atoms with E-state index in [0.29, 0.717) is 23.3 Å². The third-order valence-electron chi connectivity index (χ3n) is 3.73. The van der Waals surface area contributed by atoms with Crippen LogP contribution >= 0.6 is 0 Å². The maximum atomic E-state index is 10.8. The molecule has 0 saturated heterocycles. The molecular weight excluding hydrogens is 346 g/mol. The smallest absolute Gasteiger partial charge is 0.269 e. The van der Waals surface area contributed by atoms with Gasteiger partial charge in [0.25, 0.3) is 5.69 Å². The van der Waals surface area contributed by atoms with Crippen molar-refractivity contribution in [2.45, 2.75) is 0 Å². The Bertz CT molecular complexity index is 1060. The molecule has 0 aliphatic rings. The van der Waals surface area contributed by atoms with Crippen LogP contribution in [-0.4, -0.2) is 24.7 Å². The molecule has 132 valence electrons. The van der Waals surface area contributed by atoms with Gasteiger partial charge in [-0.1, -0.05) is 30.3 Å². The van der Waals surface area contributed by atoms with E-state index < -0.39 is 4.92 Å². The highest BCUT2D eigenvalue weighted by Crippen LogP contribution is 2.26. The molecule has 0 amide bonds. The van der Waals surface area contributed by atoms with E-state index in [1.54, 1.807) is 29.2 Å². The summed E-state index contributed by atoms with van der Waals surface area (Å²) < 4.78 is 7.41. The van der Waals surface area contributed by atoms with Gasteiger partial charge < -0.3 is 4.74 Å². The Hall–Kier alpha value is -4.07. The lowest BCUT2D eigenvalue weighted by molar-refractivity contribution is -0.384. The minimum absolute atomic E-state index is 0.00718. The van der Waals surface area contributed by atoms with Crippen LogP contribution in [0.3, 0.4) is 0 Å². The molecule has 4 aromatic rings. The molecule has 0 radical (unpaired) electrons. The maximum Gasteiger partial charge on any atom is 0.269 e. The zero-order valence-electron chi connectivity index (χ0n) is 14.0. The van der Waals surface area contributed by atoms with Crippen molar-refractivity contribution < 1.29 is 9.66 Å². The van der Waals surface area contributed by atoms with E-state index in [2.05, 4.69) is 15.1 Å². The van der Waals surface area contributed by atoms with Gasteiger partial charge in [-0.2, -0.15) is 10.1 Å². The lowest BCUT2D eigenvalue weighted by Gasteiger charge is -2.09. The van der Waals surface area contributed by atoms with Gasteiger partial charge in [0.2, 0.25) is 5.88 Å². The maximum absolute atomic E-state index is 10.8. The van der Waals surface area contributed by atoms with Crippen LogP contribution in [0.4, 0.5) is 5.69 Å². The fourth-order valence-electron chi connectivity index (χ4n) is 2.46. The molecule has 2 aromatic carbocycles. The van der Waals surface area contributed by atoms with E-state index in [-0.39, 0.29) is 5.69 Å². The first-order valence-corrected chi connectivity index (χ1v) is 8.06. The number of nitro benzene ring substituents is 1.